The molecule has 102 valence electrons. The van der Waals surface area contributed by atoms with Gasteiger partial charge < -0.3 is 5.73 Å². The fourth-order valence-corrected chi connectivity index (χ4v) is 3.75. The molecule has 0 aliphatic carbocycles. The van der Waals surface area contributed by atoms with Gasteiger partial charge in [0.1, 0.15) is 0 Å². The van der Waals surface area contributed by atoms with Crippen LogP contribution in [0.15, 0.2) is 12.3 Å². The molecule has 2 rings (SSSR count). The maximum absolute atomic E-state index is 6.33. The fraction of sp³-hybridized carbons (Fsp3) is 0.786. The summed E-state index contributed by atoms with van der Waals surface area (Å²) in [7, 11) is 0. The Morgan fingerprint density at radius 3 is 3.06 bits per heavy atom. The van der Waals surface area contributed by atoms with Gasteiger partial charge in [-0.3, -0.25) is 4.68 Å². The SMILES string of the molecule is CCC(C)n1ccc(CC(N)C2CCCCS2)n1. The van der Waals surface area contributed by atoms with Gasteiger partial charge in [-0.2, -0.15) is 16.9 Å². The first-order valence-corrected chi connectivity index (χ1v) is 8.16. The quantitative estimate of drug-likeness (QED) is 0.892. The van der Waals surface area contributed by atoms with Crippen LogP contribution in [0.2, 0.25) is 0 Å². The Labute approximate surface area is 115 Å². The van der Waals surface area contributed by atoms with Crippen LogP contribution in [0.25, 0.3) is 0 Å². The number of thioether (sulfide) groups is 1. The van der Waals surface area contributed by atoms with Crippen LogP contribution in [0.3, 0.4) is 0 Å². The summed E-state index contributed by atoms with van der Waals surface area (Å²) in [6.07, 6.45) is 8.10. The van der Waals surface area contributed by atoms with Gasteiger partial charge in [0.05, 0.1) is 5.69 Å². The fourth-order valence-electron chi connectivity index (χ4n) is 2.40. The van der Waals surface area contributed by atoms with Crippen LogP contribution in [0.5, 0.6) is 0 Å². The van der Waals surface area contributed by atoms with Gasteiger partial charge in [-0.1, -0.05) is 13.3 Å². The molecule has 0 amide bonds. The minimum atomic E-state index is 0.260. The zero-order valence-corrected chi connectivity index (χ0v) is 12.3. The van der Waals surface area contributed by atoms with E-state index in [9.17, 15) is 0 Å². The predicted molar refractivity (Wildman–Crippen MR) is 79.0 cm³/mol. The number of rotatable bonds is 5. The molecular formula is C14H25N3S. The molecule has 2 heterocycles. The van der Waals surface area contributed by atoms with Crippen molar-refractivity contribution in [1.29, 1.82) is 0 Å². The molecule has 0 aromatic carbocycles. The molecule has 4 heteroatoms. The minimum absolute atomic E-state index is 0.260. The average Bonchev–Trinajstić information content (AvgIpc) is 2.87. The Bertz CT molecular complexity index is 358. The normalized spacial score (nSPS) is 23.8. The first kappa shape index (κ1) is 13.9. The molecule has 18 heavy (non-hydrogen) atoms. The maximum atomic E-state index is 6.33. The van der Waals surface area contributed by atoms with Crippen LogP contribution in [0.4, 0.5) is 0 Å². The number of nitrogens with two attached hydrogens (primary N) is 1. The predicted octanol–water partition coefficient (Wildman–Crippen LogP) is 3.01. The van der Waals surface area contributed by atoms with Crippen LogP contribution in [-0.4, -0.2) is 26.8 Å². The lowest BCUT2D eigenvalue weighted by Gasteiger charge is -2.26. The zero-order valence-electron chi connectivity index (χ0n) is 11.5. The Kier molecular flexibility index (Phi) is 5.13. The van der Waals surface area contributed by atoms with Gasteiger partial charge >= 0.3 is 0 Å². The molecule has 3 unspecified atom stereocenters. The van der Waals surface area contributed by atoms with E-state index in [2.05, 4.69) is 35.9 Å². The second-order valence-corrected chi connectivity index (χ2v) is 6.66. The summed E-state index contributed by atoms with van der Waals surface area (Å²) in [6.45, 7) is 4.39. The second-order valence-electron chi connectivity index (χ2n) is 5.32. The van der Waals surface area contributed by atoms with Gasteiger partial charge in [-0.15, -0.1) is 0 Å². The lowest BCUT2D eigenvalue weighted by Crippen LogP contribution is -2.36. The van der Waals surface area contributed by atoms with E-state index in [4.69, 9.17) is 5.73 Å². The van der Waals surface area contributed by atoms with Crippen LogP contribution in [0.1, 0.15) is 51.3 Å². The van der Waals surface area contributed by atoms with Crippen molar-refractivity contribution in [2.45, 2.75) is 63.3 Å². The molecule has 0 spiro atoms. The summed E-state index contributed by atoms with van der Waals surface area (Å²) >= 11 is 2.05. The number of hydrogen-bond donors (Lipinski definition) is 1. The molecule has 0 saturated carbocycles. The number of hydrogen-bond acceptors (Lipinski definition) is 3. The summed E-state index contributed by atoms with van der Waals surface area (Å²) in [5.74, 6) is 1.28. The van der Waals surface area contributed by atoms with Gasteiger partial charge in [-0.25, -0.2) is 0 Å². The highest BCUT2D eigenvalue weighted by Crippen LogP contribution is 2.27. The molecule has 1 saturated heterocycles. The summed E-state index contributed by atoms with van der Waals surface area (Å²) in [5.41, 5.74) is 7.48. The van der Waals surface area contributed by atoms with Crippen molar-refractivity contribution in [1.82, 2.24) is 9.78 Å². The summed E-state index contributed by atoms with van der Waals surface area (Å²) < 4.78 is 2.07. The zero-order chi connectivity index (χ0) is 13.0. The third-order valence-electron chi connectivity index (χ3n) is 3.84. The first-order chi connectivity index (χ1) is 8.70. The number of nitrogens with zero attached hydrogens (tertiary/aromatic N) is 2. The van der Waals surface area contributed by atoms with Crippen LogP contribution in [0, 0.1) is 0 Å². The first-order valence-electron chi connectivity index (χ1n) is 7.12. The third kappa shape index (κ3) is 3.51. The van der Waals surface area contributed by atoms with E-state index in [-0.39, 0.29) is 6.04 Å². The lowest BCUT2D eigenvalue weighted by atomic mass is 10.0. The molecule has 0 radical (unpaired) electrons. The monoisotopic (exact) mass is 267 g/mol. The van der Waals surface area contributed by atoms with Crippen molar-refractivity contribution >= 4 is 11.8 Å². The smallest absolute Gasteiger partial charge is 0.0640 e. The Hall–Kier alpha value is -0.480. The van der Waals surface area contributed by atoms with E-state index in [1.165, 1.54) is 25.0 Å². The van der Waals surface area contributed by atoms with E-state index in [0.717, 1.165) is 18.5 Å². The molecule has 2 N–H and O–H groups in total. The highest BCUT2D eigenvalue weighted by atomic mass is 32.2. The van der Waals surface area contributed by atoms with E-state index >= 15 is 0 Å². The average molecular weight is 267 g/mol. The summed E-state index contributed by atoms with van der Waals surface area (Å²) in [5, 5.41) is 5.28. The van der Waals surface area contributed by atoms with Crippen molar-refractivity contribution in [3.63, 3.8) is 0 Å². The molecule has 1 aliphatic rings. The van der Waals surface area contributed by atoms with Gasteiger partial charge in [0.2, 0.25) is 0 Å². The van der Waals surface area contributed by atoms with Crippen LogP contribution < -0.4 is 5.73 Å². The van der Waals surface area contributed by atoms with E-state index in [1.807, 2.05) is 11.8 Å². The molecule has 1 aromatic heterocycles. The van der Waals surface area contributed by atoms with E-state index in [0.29, 0.717) is 11.3 Å². The molecule has 3 nitrogen and oxygen atoms in total. The molecule has 0 bridgehead atoms. The van der Waals surface area contributed by atoms with E-state index < -0.39 is 0 Å². The molecular weight excluding hydrogens is 242 g/mol. The molecule has 1 aromatic rings. The minimum Gasteiger partial charge on any atom is -0.326 e. The molecule has 1 fully saturated rings. The van der Waals surface area contributed by atoms with Gasteiger partial charge in [0, 0.05) is 30.0 Å². The van der Waals surface area contributed by atoms with Crippen molar-refractivity contribution in [2.24, 2.45) is 5.73 Å². The van der Waals surface area contributed by atoms with Crippen molar-refractivity contribution in [3.05, 3.63) is 18.0 Å². The molecule has 3 atom stereocenters. The Morgan fingerprint density at radius 2 is 2.39 bits per heavy atom. The number of aromatic nitrogens is 2. The van der Waals surface area contributed by atoms with Crippen molar-refractivity contribution in [3.8, 4) is 0 Å². The highest BCUT2D eigenvalue weighted by molar-refractivity contribution is 8.00. The maximum Gasteiger partial charge on any atom is 0.0640 e. The Balaban J connectivity index is 1.90. The van der Waals surface area contributed by atoms with E-state index in [1.54, 1.807) is 0 Å². The summed E-state index contributed by atoms with van der Waals surface area (Å²) in [4.78, 5) is 0. The van der Waals surface area contributed by atoms with Crippen LogP contribution >= 0.6 is 11.8 Å². The second kappa shape index (κ2) is 6.62. The van der Waals surface area contributed by atoms with Gasteiger partial charge in [0.25, 0.3) is 0 Å². The largest absolute Gasteiger partial charge is 0.326 e. The highest BCUT2D eigenvalue weighted by Gasteiger charge is 2.22. The summed E-state index contributed by atoms with van der Waals surface area (Å²) in [6, 6.07) is 2.87. The van der Waals surface area contributed by atoms with Gasteiger partial charge in [-0.05, 0) is 38.0 Å². The standard InChI is InChI=1S/C14H25N3S/c1-3-11(2)17-8-7-12(16-17)10-13(15)14-6-4-5-9-18-14/h7-8,11,13-14H,3-6,9-10,15H2,1-2H3. The lowest BCUT2D eigenvalue weighted by molar-refractivity contribution is 0.469. The third-order valence-corrected chi connectivity index (χ3v) is 5.38. The Morgan fingerprint density at radius 1 is 1.56 bits per heavy atom. The van der Waals surface area contributed by atoms with Gasteiger partial charge in [0.15, 0.2) is 0 Å². The van der Waals surface area contributed by atoms with Crippen LogP contribution in [-0.2, 0) is 6.42 Å². The van der Waals surface area contributed by atoms with Crippen molar-refractivity contribution in [2.75, 3.05) is 5.75 Å². The topological polar surface area (TPSA) is 43.8 Å². The molecule has 1 aliphatic heterocycles. The van der Waals surface area contributed by atoms with Crippen molar-refractivity contribution < 1.29 is 0 Å².